The molecule has 0 unspecified atom stereocenters. The summed E-state index contributed by atoms with van der Waals surface area (Å²) in [6, 6.07) is 1.07. The topological polar surface area (TPSA) is 20.2 Å². The summed E-state index contributed by atoms with van der Waals surface area (Å²) in [7, 11) is 0. The van der Waals surface area contributed by atoms with Crippen LogP contribution in [0.3, 0.4) is 0 Å². The highest BCUT2D eigenvalue weighted by molar-refractivity contribution is 9.10. The molecule has 0 aliphatic rings. The molecule has 0 atom stereocenters. The van der Waals surface area contributed by atoms with Crippen molar-refractivity contribution in [3.8, 4) is 0 Å². The zero-order valence-corrected chi connectivity index (χ0v) is 8.84. The van der Waals surface area contributed by atoms with E-state index in [0.29, 0.717) is 4.47 Å². The summed E-state index contributed by atoms with van der Waals surface area (Å²) in [5, 5.41) is 9.08. The fourth-order valence-corrected chi connectivity index (χ4v) is 1.75. The van der Waals surface area contributed by atoms with Crippen molar-refractivity contribution in [2.24, 2.45) is 0 Å². The van der Waals surface area contributed by atoms with Crippen molar-refractivity contribution >= 4 is 39.1 Å². The van der Waals surface area contributed by atoms with E-state index in [1.54, 1.807) is 0 Å². The summed E-state index contributed by atoms with van der Waals surface area (Å²) in [6.07, 6.45) is 0. The van der Waals surface area contributed by atoms with Crippen molar-refractivity contribution in [2.75, 3.05) is 0 Å². The Morgan fingerprint density at radius 3 is 2.58 bits per heavy atom. The first-order valence-electron chi connectivity index (χ1n) is 3.00. The van der Waals surface area contributed by atoms with E-state index in [2.05, 4.69) is 15.9 Å². The Morgan fingerprint density at radius 1 is 1.50 bits per heavy atom. The first-order chi connectivity index (χ1) is 5.57. The maximum absolute atomic E-state index is 13.0. The number of benzene rings is 1. The molecule has 0 fully saturated rings. The second-order valence-corrected chi connectivity index (χ2v) is 3.68. The normalized spacial score (nSPS) is 10.4. The summed E-state index contributed by atoms with van der Waals surface area (Å²) < 4.78 is 13.3. The molecule has 0 radical (unpaired) electrons. The Hall–Kier alpha value is 0.170. The van der Waals surface area contributed by atoms with Gasteiger partial charge in [0.25, 0.3) is 0 Å². The van der Waals surface area contributed by atoms with Crippen LogP contribution in [0.5, 0.6) is 0 Å². The predicted molar refractivity (Wildman–Crippen MR) is 50.0 cm³/mol. The Balaban J connectivity index is 3.40. The maximum atomic E-state index is 13.0. The van der Waals surface area contributed by atoms with E-state index in [0.717, 1.165) is 6.07 Å². The first-order valence-corrected chi connectivity index (χ1v) is 4.55. The van der Waals surface area contributed by atoms with E-state index in [1.165, 1.54) is 0 Å². The predicted octanol–water partition coefficient (Wildman–Crippen LogP) is 3.39. The lowest BCUT2D eigenvalue weighted by Crippen LogP contribution is -1.92. The van der Waals surface area contributed by atoms with Crippen molar-refractivity contribution in [2.45, 2.75) is 6.61 Å². The van der Waals surface area contributed by atoms with Crippen LogP contribution in [0, 0.1) is 5.82 Å². The summed E-state index contributed by atoms with van der Waals surface area (Å²) >= 11 is 14.3. The van der Waals surface area contributed by atoms with Gasteiger partial charge in [-0.3, -0.25) is 0 Å². The van der Waals surface area contributed by atoms with Crippen LogP contribution in [0.2, 0.25) is 10.0 Å². The molecule has 0 aliphatic heterocycles. The molecule has 0 spiro atoms. The summed E-state index contributed by atoms with van der Waals surface area (Å²) in [6.45, 7) is -0.413. The van der Waals surface area contributed by atoms with Crippen LogP contribution in [0.1, 0.15) is 5.56 Å². The molecule has 0 saturated heterocycles. The van der Waals surface area contributed by atoms with Gasteiger partial charge >= 0.3 is 0 Å². The molecule has 5 heteroatoms. The third-order valence-corrected chi connectivity index (χ3v) is 3.26. The number of aliphatic hydroxyl groups excluding tert-OH is 1. The van der Waals surface area contributed by atoms with Gasteiger partial charge in [-0.05, 0) is 22.0 Å². The van der Waals surface area contributed by atoms with Gasteiger partial charge < -0.3 is 5.11 Å². The summed E-state index contributed by atoms with van der Waals surface area (Å²) in [5.41, 5.74) is 0.115. The van der Waals surface area contributed by atoms with Crippen molar-refractivity contribution in [3.63, 3.8) is 0 Å². The Kier molecular flexibility index (Phi) is 3.35. The second-order valence-electron chi connectivity index (χ2n) is 2.10. The maximum Gasteiger partial charge on any atom is 0.131 e. The molecule has 0 amide bonds. The average Bonchev–Trinajstić information content (AvgIpc) is 2.01. The quantitative estimate of drug-likeness (QED) is 0.614. The fourth-order valence-electron chi connectivity index (χ4n) is 0.749. The average molecular weight is 274 g/mol. The number of hydrogen-bond acceptors (Lipinski definition) is 1. The van der Waals surface area contributed by atoms with Crippen LogP contribution in [0.4, 0.5) is 4.39 Å². The molecule has 1 rings (SSSR count). The molecule has 1 aromatic rings. The smallest absolute Gasteiger partial charge is 0.131 e. The molecule has 12 heavy (non-hydrogen) atoms. The first kappa shape index (κ1) is 10.3. The van der Waals surface area contributed by atoms with Crippen molar-refractivity contribution in [3.05, 3.63) is 32.0 Å². The lowest BCUT2D eigenvalue weighted by atomic mass is 10.2. The van der Waals surface area contributed by atoms with Gasteiger partial charge in [0.1, 0.15) is 5.82 Å². The lowest BCUT2D eigenvalue weighted by molar-refractivity contribution is 0.275. The standard InChI is InChI=1S/C7H4BrCl2FO/c8-6-3(2-12)5(11)1-4(9)7(6)10/h1,12H,2H2. The zero-order valence-electron chi connectivity index (χ0n) is 5.74. The van der Waals surface area contributed by atoms with E-state index in [9.17, 15) is 4.39 Å². The van der Waals surface area contributed by atoms with Crippen LogP contribution in [-0.4, -0.2) is 5.11 Å². The second kappa shape index (κ2) is 3.92. The molecule has 0 aliphatic carbocycles. The number of hydrogen-bond donors (Lipinski definition) is 1. The molecular weight excluding hydrogens is 270 g/mol. The zero-order chi connectivity index (χ0) is 9.30. The van der Waals surface area contributed by atoms with E-state index < -0.39 is 12.4 Å². The molecule has 66 valence electrons. The van der Waals surface area contributed by atoms with E-state index in [4.69, 9.17) is 28.3 Å². The minimum Gasteiger partial charge on any atom is -0.392 e. The lowest BCUT2D eigenvalue weighted by Gasteiger charge is -2.05. The van der Waals surface area contributed by atoms with Crippen molar-refractivity contribution < 1.29 is 9.50 Å². The van der Waals surface area contributed by atoms with Gasteiger partial charge in [-0.15, -0.1) is 0 Å². The number of halogens is 4. The molecular formula is C7H4BrCl2FO. The van der Waals surface area contributed by atoms with Crippen LogP contribution in [0.15, 0.2) is 10.5 Å². The number of rotatable bonds is 1. The Labute approximate surface area is 87.2 Å². The minimum absolute atomic E-state index is 0.115. The summed E-state index contributed by atoms with van der Waals surface area (Å²) in [5.74, 6) is -0.571. The third-order valence-electron chi connectivity index (χ3n) is 1.37. The van der Waals surface area contributed by atoms with Gasteiger partial charge in [-0.1, -0.05) is 23.2 Å². The van der Waals surface area contributed by atoms with Gasteiger partial charge in [0.2, 0.25) is 0 Å². The molecule has 0 bridgehead atoms. The van der Waals surface area contributed by atoms with E-state index in [1.807, 2.05) is 0 Å². The number of aliphatic hydroxyl groups is 1. The van der Waals surface area contributed by atoms with Crippen LogP contribution >= 0.6 is 39.1 Å². The van der Waals surface area contributed by atoms with Gasteiger partial charge in [-0.2, -0.15) is 0 Å². The van der Waals surface area contributed by atoms with Gasteiger partial charge in [0.15, 0.2) is 0 Å². The fraction of sp³-hybridized carbons (Fsp3) is 0.143. The molecule has 0 saturated carbocycles. The minimum atomic E-state index is -0.571. The molecule has 1 nitrogen and oxygen atoms in total. The largest absolute Gasteiger partial charge is 0.392 e. The van der Waals surface area contributed by atoms with Crippen LogP contribution in [-0.2, 0) is 6.61 Å². The molecule has 0 heterocycles. The van der Waals surface area contributed by atoms with Crippen molar-refractivity contribution in [1.29, 1.82) is 0 Å². The van der Waals surface area contributed by atoms with Gasteiger partial charge in [-0.25, -0.2) is 4.39 Å². The van der Waals surface area contributed by atoms with Gasteiger partial charge in [0, 0.05) is 10.0 Å². The monoisotopic (exact) mass is 272 g/mol. The van der Waals surface area contributed by atoms with Crippen LogP contribution < -0.4 is 0 Å². The highest BCUT2D eigenvalue weighted by atomic mass is 79.9. The highest BCUT2D eigenvalue weighted by Crippen LogP contribution is 2.34. The van der Waals surface area contributed by atoms with E-state index in [-0.39, 0.29) is 15.6 Å². The SMILES string of the molecule is OCc1c(F)cc(Cl)c(Cl)c1Br. The van der Waals surface area contributed by atoms with E-state index >= 15 is 0 Å². The third kappa shape index (κ3) is 1.74. The van der Waals surface area contributed by atoms with Crippen LogP contribution in [0.25, 0.3) is 0 Å². The Morgan fingerprint density at radius 2 is 2.08 bits per heavy atom. The Bertz CT molecular complexity index is 317. The highest BCUT2D eigenvalue weighted by Gasteiger charge is 2.12. The molecule has 1 N–H and O–H groups in total. The molecule has 0 aromatic heterocycles. The molecule has 1 aromatic carbocycles. The summed E-state index contributed by atoms with van der Waals surface area (Å²) in [4.78, 5) is 0. The van der Waals surface area contributed by atoms with Gasteiger partial charge in [0.05, 0.1) is 16.7 Å². The van der Waals surface area contributed by atoms with Crippen molar-refractivity contribution in [1.82, 2.24) is 0 Å².